The van der Waals surface area contributed by atoms with Crippen LogP contribution in [0.5, 0.6) is 0 Å². The summed E-state index contributed by atoms with van der Waals surface area (Å²) in [6, 6.07) is 7.80. The van der Waals surface area contributed by atoms with Crippen molar-refractivity contribution in [2.75, 3.05) is 17.3 Å². The minimum atomic E-state index is -1.03. The van der Waals surface area contributed by atoms with Gasteiger partial charge in [-0.1, -0.05) is 15.9 Å². The van der Waals surface area contributed by atoms with Crippen molar-refractivity contribution < 1.29 is 14.7 Å². The number of halogens is 1. The second kappa shape index (κ2) is 9.92. The summed E-state index contributed by atoms with van der Waals surface area (Å²) < 4.78 is 0.867. The maximum atomic E-state index is 12.0. The Kier molecular flexibility index (Phi) is 8.22. The number of carbonyl (C=O) groups is 2. The highest BCUT2D eigenvalue weighted by Gasteiger charge is 2.16. The first-order valence-corrected chi connectivity index (χ1v) is 8.81. The third kappa shape index (κ3) is 6.76. The van der Waals surface area contributed by atoms with Crippen molar-refractivity contribution in [3.05, 3.63) is 40.5 Å². The molecule has 0 aliphatic rings. The van der Waals surface area contributed by atoms with E-state index in [-0.39, 0.29) is 5.57 Å². The molecule has 0 aliphatic carbocycles. The number of benzene rings is 1. The van der Waals surface area contributed by atoms with E-state index in [1.807, 2.05) is 6.26 Å². The first kappa shape index (κ1) is 19.1. The number of nitriles is 1. The molecule has 23 heavy (non-hydrogen) atoms. The molecule has 3 N–H and O–H groups in total. The maximum Gasteiger partial charge on any atom is 0.326 e. The van der Waals surface area contributed by atoms with E-state index >= 15 is 0 Å². The maximum absolute atomic E-state index is 12.0. The van der Waals surface area contributed by atoms with Crippen LogP contribution in [0.2, 0.25) is 0 Å². The molecule has 0 aliphatic heterocycles. The molecule has 0 spiro atoms. The lowest BCUT2D eigenvalue weighted by Crippen LogP contribution is -2.34. The van der Waals surface area contributed by atoms with E-state index in [1.54, 1.807) is 30.3 Å². The summed E-state index contributed by atoms with van der Waals surface area (Å²) in [6.45, 7) is 0. The van der Waals surface area contributed by atoms with Crippen LogP contribution in [0.15, 0.2) is 40.5 Å². The van der Waals surface area contributed by atoms with Crippen molar-refractivity contribution in [2.24, 2.45) is 0 Å². The van der Waals surface area contributed by atoms with Crippen LogP contribution < -0.4 is 10.6 Å². The third-order valence-electron chi connectivity index (χ3n) is 2.80. The van der Waals surface area contributed by atoms with Crippen LogP contribution in [0.1, 0.15) is 6.42 Å². The summed E-state index contributed by atoms with van der Waals surface area (Å²) in [6.07, 6.45) is 3.41. The number of amides is 1. The third-order valence-corrected chi connectivity index (χ3v) is 3.98. The van der Waals surface area contributed by atoms with Gasteiger partial charge in [0, 0.05) is 16.4 Å². The minimum Gasteiger partial charge on any atom is -0.480 e. The van der Waals surface area contributed by atoms with Crippen molar-refractivity contribution in [1.82, 2.24) is 5.32 Å². The van der Waals surface area contributed by atoms with Crippen molar-refractivity contribution in [2.45, 2.75) is 12.5 Å². The monoisotopic (exact) mass is 397 g/mol. The number of aliphatic carboxylic acids is 1. The standard InChI is InChI=1S/C15H16BrN3O3S/c1-23-7-6-13(15(21)22)18-9-10(8-17)14(20)19-12-4-2-11(16)3-5-12/h2-5,9,13,18H,6-7H2,1H3,(H,19,20)(H,21,22)/b10-9-. The van der Waals surface area contributed by atoms with E-state index in [0.29, 0.717) is 17.9 Å². The van der Waals surface area contributed by atoms with E-state index in [9.17, 15) is 9.59 Å². The second-order valence-electron chi connectivity index (χ2n) is 4.47. The van der Waals surface area contributed by atoms with Crippen molar-refractivity contribution >= 4 is 45.3 Å². The van der Waals surface area contributed by atoms with Gasteiger partial charge < -0.3 is 15.7 Å². The number of rotatable bonds is 8. The molecule has 0 saturated heterocycles. The lowest BCUT2D eigenvalue weighted by Gasteiger charge is -2.12. The van der Waals surface area contributed by atoms with Crippen LogP contribution in [0.25, 0.3) is 0 Å². The molecule has 0 aromatic heterocycles. The van der Waals surface area contributed by atoms with Crippen LogP contribution in [-0.4, -0.2) is 35.0 Å². The molecular weight excluding hydrogens is 382 g/mol. The average molecular weight is 398 g/mol. The topological polar surface area (TPSA) is 102 Å². The average Bonchev–Trinajstić information content (AvgIpc) is 2.52. The molecule has 0 bridgehead atoms. The van der Waals surface area contributed by atoms with Crippen LogP contribution in [-0.2, 0) is 9.59 Å². The first-order valence-electron chi connectivity index (χ1n) is 6.63. The van der Waals surface area contributed by atoms with Gasteiger partial charge in [0.1, 0.15) is 17.7 Å². The molecule has 1 aromatic carbocycles. The number of anilines is 1. The van der Waals surface area contributed by atoms with Gasteiger partial charge in [0.2, 0.25) is 0 Å². The number of hydrogen-bond acceptors (Lipinski definition) is 5. The molecule has 0 fully saturated rings. The van der Waals surface area contributed by atoms with E-state index < -0.39 is 17.9 Å². The van der Waals surface area contributed by atoms with Gasteiger partial charge in [-0.15, -0.1) is 0 Å². The van der Waals surface area contributed by atoms with Gasteiger partial charge in [0.15, 0.2) is 0 Å². The summed E-state index contributed by atoms with van der Waals surface area (Å²) in [7, 11) is 0. The fourth-order valence-electron chi connectivity index (χ4n) is 1.58. The molecule has 0 radical (unpaired) electrons. The zero-order valence-corrected chi connectivity index (χ0v) is 14.8. The Balaban J connectivity index is 2.73. The summed E-state index contributed by atoms with van der Waals surface area (Å²) in [5.41, 5.74) is 0.347. The smallest absolute Gasteiger partial charge is 0.326 e. The summed E-state index contributed by atoms with van der Waals surface area (Å²) >= 11 is 4.81. The number of nitrogens with one attached hydrogen (secondary N) is 2. The van der Waals surface area contributed by atoms with Gasteiger partial charge >= 0.3 is 5.97 Å². The van der Waals surface area contributed by atoms with Gasteiger partial charge in [-0.05, 0) is 42.7 Å². The van der Waals surface area contributed by atoms with E-state index in [0.717, 1.165) is 10.7 Å². The summed E-state index contributed by atoms with van der Waals surface area (Å²) in [5, 5.41) is 23.4. The largest absolute Gasteiger partial charge is 0.480 e. The molecule has 0 heterocycles. The SMILES string of the molecule is CSCCC(N/C=C(/C#N)C(=O)Nc1ccc(Br)cc1)C(=O)O. The van der Waals surface area contributed by atoms with Gasteiger partial charge in [0.25, 0.3) is 5.91 Å². The van der Waals surface area contributed by atoms with Gasteiger partial charge in [0.05, 0.1) is 0 Å². The van der Waals surface area contributed by atoms with Gasteiger partial charge in [-0.25, -0.2) is 4.79 Å². The quantitative estimate of drug-likeness (QED) is 0.460. The number of carbonyl (C=O) groups excluding carboxylic acids is 1. The Morgan fingerprint density at radius 1 is 1.43 bits per heavy atom. The Morgan fingerprint density at radius 2 is 2.09 bits per heavy atom. The van der Waals surface area contributed by atoms with E-state index in [2.05, 4.69) is 26.6 Å². The van der Waals surface area contributed by atoms with Crippen molar-refractivity contribution in [3.8, 4) is 6.07 Å². The first-order chi connectivity index (χ1) is 11.0. The van der Waals surface area contributed by atoms with Crippen LogP contribution in [0.4, 0.5) is 5.69 Å². The van der Waals surface area contributed by atoms with Crippen LogP contribution in [0, 0.1) is 11.3 Å². The second-order valence-corrected chi connectivity index (χ2v) is 6.37. The fourth-order valence-corrected chi connectivity index (χ4v) is 2.31. The zero-order chi connectivity index (χ0) is 17.2. The molecule has 1 atom stereocenters. The number of hydrogen-bond donors (Lipinski definition) is 3. The van der Waals surface area contributed by atoms with Gasteiger partial charge in [-0.2, -0.15) is 17.0 Å². The van der Waals surface area contributed by atoms with E-state index in [1.165, 1.54) is 11.8 Å². The lowest BCUT2D eigenvalue weighted by molar-refractivity contribution is -0.139. The normalized spacial score (nSPS) is 12.1. The number of carboxylic acid groups (broad SMARTS) is 1. The molecule has 1 aromatic rings. The number of nitrogens with zero attached hydrogens (tertiary/aromatic N) is 1. The molecule has 0 saturated carbocycles. The predicted octanol–water partition coefficient (Wildman–Crippen LogP) is 2.59. The number of thioether (sulfide) groups is 1. The van der Waals surface area contributed by atoms with Crippen LogP contribution >= 0.6 is 27.7 Å². The van der Waals surface area contributed by atoms with Crippen molar-refractivity contribution in [1.29, 1.82) is 5.26 Å². The predicted molar refractivity (Wildman–Crippen MR) is 94.0 cm³/mol. The lowest BCUT2D eigenvalue weighted by atomic mass is 10.2. The Hall–Kier alpha value is -1.98. The fraction of sp³-hybridized carbons (Fsp3) is 0.267. The molecule has 1 rings (SSSR count). The summed E-state index contributed by atoms with van der Waals surface area (Å²) in [4.78, 5) is 23.1. The highest BCUT2D eigenvalue weighted by molar-refractivity contribution is 9.10. The molecule has 1 unspecified atom stereocenters. The Labute approximate surface area is 147 Å². The molecule has 6 nitrogen and oxygen atoms in total. The van der Waals surface area contributed by atoms with Crippen LogP contribution in [0.3, 0.4) is 0 Å². The highest BCUT2D eigenvalue weighted by atomic mass is 79.9. The Morgan fingerprint density at radius 3 is 2.61 bits per heavy atom. The summed E-state index contributed by atoms with van der Waals surface area (Å²) in [5.74, 6) is -0.970. The Bertz CT molecular complexity index is 626. The van der Waals surface area contributed by atoms with Gasteiger partial charge in [-0.3, -0.25) is 4.79 Å². The number of carboxylic acids is 1. The van der Waals surface area contributed by atoms with E-state index in [4.69, 9.17) is 10.4 Å². The molecule has 8 heteroatoms. The van der Waals surface area contributed by atoms with Crippen molar-refractivity contribution in [3.63, 3.8) is 0 Å². The molecule has 122 valence electrons. The highest BCUT2D eigenvalue weighted by Crippen LogP contribution is 2.14. The zero-order valence-electron chi connectivity index (χ0n) is 12.4. The molecular formula is C15H16BrN3O3S. The molecule has 1 amide bonds. The minimum absolute atomic E-state index is 0.191.